The molecule has 98 valence electrons. The molecule has 0 unspecified atom stereocenters. The zero-order valence-corrected chi connectivity index (χ0v) is 11.7. The Morgan fingerprint density at radius 2 is 1.53 bits per heavy atom. The van der Waals surface area contributed by atoms with Gasteiger partial charge in [0.15, 0.2) is 0 Å². The number of rotatable bonds is 4. The Bertz CT molecular complexity index is 537. The van der Waals surface area contributed by atoms with E-state index in [0.717, 1.165) is 11.4 Å². The summed E-state index contributed by atoms with van der Waals surface area (Å²) in [6.45, 7) is 0. The first-order valence-electron chi connectivity index (χ1n) is 5.61. The van der Waals surface area contributed by atoms with Gasteiger partial charge in [0.2, 0.25) is 0 Å². The maximum atomic E-state index is 6.03. The minimum atomic E-state index is 0. The van der Waals surface area contributed by atoms with Crippen LogP contribution in [-0.4, -0.2) is 6.21 Å². The highest BCUT2D eigenvalue weighted by molar-refractivity contribution is 6.39. The minimum absolute atomic E-state index is 0. The van der Waals surface area contributed by atoms with Crippen LogP contribution in [0.1, 0.15) is 0 Å². The molecule has 0 radical (unpaired) electrons. The Labute approximate surface area is 124 Å². The lowest BCUT2D eigenvalue weighted by atomic mass is 10.3. The van der Waals surface area contributed by atoms with E-state index in [-0.39, 0.29) is 12.4 Å². The highest BCUT2D eigenvalue weighted by atomic mass is 35.5. The van der Waals surface area contributed by atoms with Gasteiger partial charge in [0.1, 0.15) is 0 Å². The number of aliphatic imine (C=N–C) groups is 1. The molecule has 0 aromatic heterocycles. The number of hydrogen-bond donors (Lipinski definition) is 1. The Kier molecular flexibility index (Phi) is 6.72. The third kappa shape index (κ3) is 5.60. The fourth-order valence-corrected chi connectivity index (χ4v) is 1.48. The van der Waals surface area contributed by atoms with E-state index in [4.69, 9.17) is 11.6 Å². The van der Waals surface area contributed by atoms with Gasteiger partial charge in [-0.2, -0.15) is 0 Å². The first-order chi connectivity index (χ1) is 8.84. The summed E-state index contributed by atoms with van der Waals surface area (Å²) in [5.41, 5.74) is 1.87. The van der Waals surface area contributed by atoms with Crippen molar-refractivity contribution in [3.05, 3.63) is 71.9 Å². The van der Waals surface area contributed by atoms with E-state index in [2.05, 4.69) is 10.3 Å². The van der Waals surface area contributed by atoms with Crippen molar-refractivity contribution in [1.82, 2.24) is 0 Å². The van der Waals surface area contributed by atoms with Crippen LogP contribution in [0.15, 0.2) is 76.9 Å². The quantitative estimate of drug-likeness (QED) is 0.788. The molecule has 0 fully saturated rings. The second-order valence-electron chi connectivity index (χ2n) is 3.63. The van der Waals surface area contributed by atoms with Crippen molar-refractivity contribution < 1.29 is 0 Å². The molecule has 0 saturated heterocycles. The number of anilines is 1. The Hall–Kier alpha value is -1.77. The highest BCUT2D eigenvalue weighted by Crippen LogP contribution is 2.11. The van der Waals surface area contributed by atoms with Crippen molar-refractivity contribution in [2.45, 2.75) is 0 Å². The summed E-state index contributed by atoms with van der Waals surface area (Å²) >= 11 is 6.03. The van der Waals surface area contributed by atoms with Gasteiger partial charge < -0.3 is 5.32 Å². The molecule has 0 amide bonds. The van der Waals surface area contributed by atoms with Crippen molar-refractivity contribution in [2.24, 2.45) is 4.99 Å². The van der Waals surface area contributed by atoms with Crippen LogP contribution in [0.4, 0.5) is 11.4 Å². The van der Waals surface area contributed by atoms with Gasteiger partial charge in [-0.15, -0.1) is 12.4 Å². The number of nitrogens with one attached hydrogen (secondary N) is 1. The molecular formula is C15H14Cl2N2. The van der Waals surface area contributed by atoms with Crippen LogP contribution in [0.3, 0.4) is 0 Å². The van der Waals surface area contributed by atoms with Gasteiger partial charge in [0.05, 0.1) is 10.7 Å². The molecule has 2 nitrogen and oxygen atoms in total. The number of allylic oxidation sites excluding steroid dienone is 1. The summed E-state index contributed by atoms with van der Waals surface area (Å²) in [5, 5.41) is 3.64. The van der Waals surface area contributed by atoms with Crippen LogP contribution in [0, 0.1) is 0 Å². The van der Waals surface area contributed by atoms with Crippen LogP contribution in [0.2, 0.25) is 0 Å². The molecule has 19 heavy (non-hydrogen) atoms. The van der Waals surface area contributed by atoms with Gasteiger partial charge >= 0.3 is 0 Å². The van der Waals surface area contributed by atoms with E-state index in [1.165, 1.54) is 0 Å². The van der Waals surface area contributed by atoms with E-state index in [1.54, 1.807) is 12.4 Å². The molecule has 2 aromatic carbocycles. The normalized spacial score (nSPS) is 11.1. The minimum Gasteiger partial charge on any atom is -0.360 e. The lowest BCUT2D eigenvalue weighted by Crippen LogP contribution is -1.88. The summed E-state index contributed by atoms with van der Waals surface area (Å²) < 4.78 is 0. The molecular weight excluding hydrogens is 279 g/mol. The molecule has 2 rings (SSSR count). The molecule has 0 aliphatic heterocycles. The van der Waals surface area contributed by atoms with Gasteiger partial charge in [0, 0.05) is 18.1 Å². The van der Waals surface area contributed by atoms with Crippen LogP contribution in [-0.2, 0) is 0 Å². The summed E-state index contributed by atoms with van der Waals surface area (Å²) in [6, 6.07) is 19.5. The van der Waals surface area contributed by atoms with Crippen molar-refractivity contribution in [3.8, 4) is 0 Å². The average molecular weight is 293 g/mol. The average Bonchev–Trinajstić information content (AvgIpc) is 2.45. The molecule has 0 bridgehead atoms. The van der Waals surface area contributed by atoms with Gasteiger partial charge in [-0.1, -0.05) is 48.0 Å². The van der Waals surface area contributed by atoms with Crippen molar-refractivity contribution in [1.29, 1.82) is 0 Å². The molecule has 2 aromatic rings. The largest absolute Gasteiger partial charge is 0.360 e. The lowest BCUT2D eigenvalue weighted by Gasteiger charge is -1.99. The smallest absolute Gasteiger partial charge is 0.0748 e. The second-order valence-corrected chi connectivity index (χ2v) is 4.07. The summed E-state index contributed by atoms with van der Waals surface area (Å²) in [5.74, 6) is 0. The van der Waals surface area contributed by atoms with Gasteiger partial charge in [0.25, 0.3) is 0 Å². The number of benzene rings is 2. The first kappa shape index (κ1) is 15.3. The van der Waals surface area contributed by atoms with E-state index in [1.807, 2.05) is 60.7 Å². The number of hydrogen-bond acceptors (Lipinski definition) is 2. The fourth-order valence-electron chi connectivity index (χ4n) is 1.37. The van der Waals surface area contributed by atoms with E-state index in [9.17, 15) is 0 Å². The fraction of sp³-hybridized carbons (Fsp3) is 0. The second kappa shape index (κ2) is 8.35. The van der Waals surface area contributed by atoms with E-state index < -0.39 is 0 Å². The molecule has 1 N–H and O–H groups in total. The monoisotopic (exact) mass is 292 g/mol. The Morgan fingerprint density at radius 3 is 2.16 bits per heavy atom. The zero-order chi connectivity index (χ0) is 12.6. The van der Waals surface area contributed by atoms with Crippen LogP contribution in [0.25, 0.3) is 0 Å². The Morgan fingerprint density at radius 1 is 0.947 bits per heavy atom. The number of nitrogens with zero attached hydrogens (tertiary/aromatic N) is 1. The lowest BCUT2D eigenvalue weighted by molar-refractivity contribution is 1.53. The third-order valence-electron chi connectivity index (χ3n) is 2.24. The topological polar surface area (TPSA) is 24.4 Å². The van der Waals surface area contributed by atoms with E-state index >= 15 is 0 Å². The van der Waals surface area contributed by atoms with Gasteiger partial charge in [-0.05, 0) is 24.3 Å². The van der Waals surface area contributed by atoms with Crippen molar-refractivity contribution >= 4 is 41.6 Å². The number of halogens is 2. The standard InChI is InChI=1S/C15H13ClN2.ClH/c16-13(11-17-14-7-3-1-4-8-14)12-18-15-9-5-2-6-10-15;/h1-12,17H;1H. The maximum absolute atomic E-state index is 6.03. The predicted molar refractivity (Wildman–Crippen MR) is 85.8 cm³/mol. The zero-order valence-electron chi connectivity index (χ0n) is 10.2. The molecule has 0 spiro atoms. The summed E-state index contributed by atoms with van der Waals surface area (Å²) in [4.78, 5) is 4.25. The van der Waals surface area contributed by atoms with Crippen LogP contribution < -0.4 is 5.32 Å². The molecule has 0 saturated carbocycles. The maximum Gasteiger partial charge on any atom is 0.0748 e. The number of para-hydroxylation sites is 2. The van der Waals surface area contributed by atoms with Gasteiger partial charge in [-0.25, -0.2) is 0 Å². The van der Waals surface area contributed by atoms with E-state index in [0.29, 0.717) is 5.03 Å². The molecule has 0 aliphatic rings. The van der Waals surface area contributed by atoms with Crippen molar-refractivity contribution in [3.63, 3.8) is 0 Å². The third-order valence-corrected chi connectivity index (χ3v) is 2.45. The predicted octanol–water partition coefficient (Wildman–Crippen LogP) is 5.00. The SMILES string of the molecule is Cl.ClC(C=Nc1ccccc1)=CNc1ccccc1. The summed E-state index contributed by atoms with van der Waals surface area (Å²) in [6.07, 6.45) is 3.33. The van der Waals surface area contributed by atoms with Crippen LogP contribution >= 0.6 is 24.0 Å². The first-order valence-corrected chi connectivity index (χ1v) is 5.99. The molecule has 4 heteroatoms. The van der Waals surface area contributed by atoms with Crippen molar-refractivity contribution in [2.75, 3.05) is 5.32 Å². The molecule has 0 atom stereocenters. The molecule has 0 heterocycles. The Balaban J connectivity index is 0.00000180. The summed E-state index contributed by atoms with van der Waals surface area (Å²) in [7, 11) is 0. The molecule has 0 aliphatic carbocycles. The van der Waals surface area contributed by atoms with Crippen LogP contribution in [0.5, 0.6) is 0 Å². The van der Waals surface area contributed by atoms with Gasteiger partial charge in [-0.3, -0.25) is 4.99 Å². The highest BCUT2D eigenvalue weighted by Gasteiger charge is 1.89.